The molecular weight excluding hydrogens is 284 g/mol. The van der Waals surface area contributed by atoms with Gasteiger partial charge in [0.15, 0.2) is 6.29 Å². The Morgan fingerprint density at radius 3 is 2.45 bits per heavy atom. The molecule has 2 aromatic carbocycles. The summed E-state index contributed by atoms with van der Waals surface area (Å²) in [6, 6.07) is 14.4. The van der Waals surface area contributed by atoms with E-state index in [-0.39, 0.29) is 16.9 Å². The van der Waals surface area contributed by atoms with Gasteiger partial charge in [-0.3, -0.25) is 10.1 Å². The van der Waals surface area contributed by atoms with Crippen molar-refractivity contribution in [1.82, 2.24) is 0 Å². The van der Waals surface area contributed by atoms with Gasteiger partial charge in [0.25, 0.3) is 5.69 Å². The van der Waals surface area contributed by atoms with Gasteiger partial charge in [0.2, 0.25) is 0 Å². The molecule has 0 atom stereocenters. The van der Waals surface area contributed by atoms with Crippen LogP contribution in [0.15, 0.2) is 48.5 Å². The molecule has 0 aliphatic carbocycles. The molecular formula is C16H16N2O4. The maximum Gasteiger partial charge on any atom is 0.292 e. The molecule has 1 heterocycles. The van der Waals surface area contributed by atoms with Crippen LogP contribution in [0, 0.1) is 10.1 Å². The first-order valence-corrected chi connectivity index (χ1v) is 7.03. The van der Waals surface area contributed by atoms with E-state index in [0.29, 0.717) is 25.4 Å². The van der Waals surface area contributed by atoms with Crippen LogP contribution in [-0.4, -0.2) is 18.1 Å². The molecule has 1 aliphatic rings. The van der Waals surface area contributed by atoms with Crippen LogP contribution in [0.3, 0.4) is 0 Å². The standard InChI is InChI=1S/C16H16N2O4/c19-18(20)15-4-2-1-3-14(15)17-11-12-5-7-13(8-6-12)16-21-9-10-22-16/h1-8,16-17H,9-11H2. The summed E-state index contributed by atoms with van der Waals surface area (Å²) in [4.78, 5) is 10.6. The summed E-state index contributed by atoms with van der Waals surface area (Å²) in [7, 11) is 0. The summed E-state index contributed by atoms with van der Waals surface area (Å²) < 4.78 is 10.9. The Kier molecular flexibility index (Phi) is 4.32. The molecule has 6 nitrogen and oxygen atoms in total. The highest BCUT2D eigenvalue weighted by atomic mass is 16.7. The van der Waals surface area contributed by atoms with Crippen LogP contribution < -0.4 is 5.32 Å². The molecule has 0 amide bonds. The van der Waals surface area contributed by atoms with Crippen molar-refractivity contribution < 1.29 is 14.4 Å². The number of rotatable bonds is 5. The van der Waals surface area contributed by atoms with E-state index in [9.17, 15) is 10.1 Å². The van der Waals surface area contributed by atoms with Crippen molar-refractivity contribution in [2.75, 3.05) is 18.5 Å². The minimum atomic E-state index is -0.389. The highest BCUT2D eigenvalue weighted by Gasteiger charge is 2.17. The van der Waals surface area contributed by atoms with Crippen molar-refractivity contribution in [2.45, 2.75) is 12.8 Å². The summed E-state index contributed by atoms with van der Waals surface area (Å²) in [5.41, 5.74) is 2.60. The summed E-state index contributed by atoms with van der Waals surface area (Å²) >= 11 is 0. The Labute approximate surface area is 127 Å². The van der Waals surface area contributed by atoms with Crippen molar-refractivity contribution in [3.63, 3.8) is 0 Å². The van der Waals surface area contributed by atoms with Crippen LogP contribution >= 0.6 is 0 Å². The van der Waals surface area contributed by atoms with Crippen LogP contribution in [0.25, 0.3) is 0 Å². The molecule has 114 valence electrons. The smallest absolute Gasteiger partial charge is 0.292 e. The largest absolute Gasteiger partial charge is 0.375 e. The first kappa shape index (κ1) is 14.5. The molecule has 6 heteroatoms. The van der Waals surface area contributed by atoms with Crippen LogP contribution in [0.5, 0.6) is 0 Å². The molecule has 22 heavy (non-hydrogen) atoms. The number of para-hydroxylation sites is 2. The van der Waals surface area contributed by atoms with E-state index in [1.807, 2.05) is 24.3 Å². The number of nitrogens with zero attached hydrogens (tertiary/aromatic N) is 1. The normalized spacial score (nSPS) is 14.9. The van der Waals surface area contributed by atoms with E-state index in [1.54, 1.807) is 18.2 Å². The molecule has 1 N–H and O–H groups in total. The van der Waals surface area contributed by atoms with Gasteiger partial charge in [-0.1, -0.05) is 36.4 Å². The molecule has 1 aliphatic heterocycles. The van der Waals surface area contributed by atoms with Gasteiger partial charge in [-0.15, -0.1) is 0 Å². The topological polar surface area (TPSA) is 73.6 Å². The van der Waals surface area contributed by atoms with Crippen LogP contribution in [0.1, 0.15) is 17.4 Å². The fourth-order valence-corrected chi connectivity index (χ4v) is 2.32. The molecule has 3 rings (SSSR count). The van der Waals surface area contributed by atoms with Crippen molar-refractivity contribution in [3.8, 4) is 0 Å². The average molecular weight is 300 g/mol. The second-order valence-electron chi connectivity index (χ2n) is 4.94. The van der Waals surface area contributed by atoms with Crippen molar-refractivity contribution >= 4 is 11.4 Å². The number of hydrogen-bond acceptors (Lipinski definition) is 5. The van der Waals surface area contributed by atoms with E-state index in [1.165, 1.54) is 6.07 Å². The molecule has 2 aromatic rings. The number of nitro benzene ring substituents is 1. The zero-order valence-electron chi connectivity index (χ0n) is 11.9. The van der Waals surface area contributed by atoms with Gasteiger partial charge in [0.05, 0.1) is 18.1 Å². The molecule has 0 saturated carbocycles. The minimum Gasteiger partial charge on any atom is -0.375 e. The maximum absolute atomic E-state index is 11.0. The lowest BCUT2D eigenvalue weighted by atomic mass is 10.1. The summed E-state index contributed by atoms with van der Waals surface area (Å²) in [5, 5.41) is 14.1. The predicted octanol–water partition coefficient (Wildman–Crippen LogP) is 3.25. The van der Waals surface area contributed by atoms with Gasteiger partial charge < -0.3 is 14.8 Å². The third-order valence-electron chi connectivity index (χ3n) is 3.46. The summed E-state index contributed by atoms with van der Waals surface area (Å²) in [6.45, 7) is 1.74. The van der Waals surface area contributed by atoms with Gasteiger partial charge in [0, 0.05) is 18.2 Å². The molecule has 0 bridgehead atoms. The number of benzene rings is 2. The average Bonchev–Trinajstić information content (AvgIpc) is 3.08. The van der Waals surface area contributed by atoms with Crippen LogP contribution in [0.4, 0.5) is 11.4 Å². The molecule has 0 spiro atoms. The Morgan fingerprint density at radius 1 is 1.09 bits per heavy atom. The Hall–Kier alpha value is -2.44. The zero-order chi connectivity index (χ0) is 15.4. The van der Waals surface area contributed by atoms with Crippen LogP contribution in [-0.2, 0) is 16.0 Å². The Balaban J connectivity index is 1.65. The SMILES string of the molecule is O=[N+]([O-])c1ccccc1NCc1ccc(C2OCCO2)cc1. The quantitative estimate of drug-likeness (QED) is 0.677. The van der Waals surface area contributed by atoms with Crippen molar-refractivity contribution in [3.05, 3.63) is 69.8 Å². The van der Waals surface area contributed by atoms with Gasteiger partial charge in [0.1, 0.15) is 5.69 Å². The van der Waals surface area contributed by atoms with Gasteiger partial charge in [-0.05, 0) is 11.6 Å². The van der Waals surface area contributed by atoms with Crippen molar-refractivity contribution in [2.24, 2.45) is 0 Å². The van der Waals surface area contributed by atoms with Gasteiger partial charge >= 0.3 is 0 Å². The van der Waals surface area contributed by atoms with Crippen LogP contribution in [0.2, 0.25) is 0 Å². The second kappa shape index (κ2) is 6.55. The Bertz CT molecular complexity index is 651. The van der Waals surface area contributed by atoms with E-state index < -0.39 is 0 Å². The number of hydrogen-bond donors (Lipinski definition) is 1. The lowest BCUT2D eigenvalue weighted by Gasteiger charge is -2.11. The lowest BCUT2D eigenvalue weighted by Crippen LogP contribution is -2.03. The lowest BCUT2D eigenvalue weighted by molar-refractivity contribution is -0.384. The van der Waals surface area contributed by atoms with Gasteiger partial charge in [-0.2, -0.15) is 0 Å². The maximum atomic E-state index is 11.0. The van der Waals surface area contributed by atoms with E-state index in [4.69, 9.17) is 9.47 Å². The second-order valence-corrected chi connectivity index (χ2v) is 4.94. The number of ether oxygens (including phenoxy) is 2. The molecule has 1 fully saturated rings. The highest BCUT2D eigenvalue weighted by molar-refractivity contribution is 5.61. The number of anilines is 1. The Morgan fingerprint density at radius 2 is 1.77 bits per heavy atom. The van der Waals surface area contributed by atoms with Gasteiger partial charge in [-0.25, -0.2) is 0 Å². The fraction of sp³-hybridized carbons (Fsp3) is 0.250. The molecule has 1 saturated heterocycles. The fourth-order valence-electron chi connectivity index (χ4n) is 2.32. The predicted molar refractivity (Wildman–Crippen MR) is 81.5 cm³/mol. The number of nitrogens with one attached hydrogen (secondary N) is 1. The van der Waals surface area contributed by atoms with Crippen molar-refractivity contribution in [1.29, 1.82) is 0 Å². The summed E-state index contributed by atoms with van der Waals surface area (Å²) in [6.07, 6.45) is -0.280. The summed E-state index contributed by atoms with van der Waals surface area (Å²) in [5.74, 6) is 0. The molecule has 0 radical (unpaired) electrons. The molecule has 0 unspecified atom stereocenters. The molecule has 0 aromatic heterocycles. The highest BCUT2D eigenvalue weighted by Crippen LogP contribution is 2.25. The van der Waals surface area contributed by atoms with E-state index in [2.05, 4.69) is 5.32 Å². The van der Waals surface area contributed by atoms with E-state index >= 15 is 0 Å². The first-order chi connectivity index (χ1) is 10.7. The third-order valence-corrected chi connectivity index (χ3v) is 3.46. The number of nitro groups is 1. The zero-order valence-corrected chi connectivity index (χ0v) is 11.9. The van der Waals surface area contributed by atoms with E-state index in [0.717, 1.165) is 11.1 Å². The monoisotopic (exact) mass is 300 g/mol. The first-order valence-electron chi connectivity index (χ1n) is 7.03. The third kappa shape index (κ3) is 3.24. The minimum absolute atomic E-state index is 0.0758.